The van der Waals surface area contributed by atoms with Gasteiger partial charge in [0.05, 0.1) is 12.4 Å². The van der Waals surface area contributed by atoms with Gasteiger partial charge in [0.25, 0.3) is 0 Å². The molecule has 0 radical (unpaired) electrons. The maximum atomic E-state index is 3.81. The van der Waals surface area contributed by atoms with Gasteiger partial charge in [0.15, 0.2) is 0 Å². The molecule has 11 heavy (non-hydrogen) atoms. The maximum absolute atomic E-state index is 3.81. The maximum Gasteiger partial charge on any atom is 0.115 e. The molecule has 0 saturated heterocycles. The Morgan fingerprint density at radius 3 is 1.55 bits per heavy atom. The molecule has 0 unspecified atom stereocenters. The molecule has 0 amide bonds. The number of rotatable bonds is 0. The molecule has 0 fully saturated rings. The third kappa shape index (κ3) is 1.27. The Balaban J connectivity index is 0.000000605. The van der Waals surface area contributed by atoms with Crippen LogP contribution in [0, 0.1) is 0 Å². The van der Waals surface area contributed by atoms with E-state index in [0.717, 1.165) is 11.4 Å². The topological polar surface area (TPSA) is 84.4 Å². The molecular weight excluding hydrogens is 142 g/mol. The van der Waals surface area contributed by atoms with Crippen LogP contribution in [0.3, 0.4) is 0 Å². The Morgan fingerprint density at radius 2 is 1.27 bits per heavy atom. The van der Waals surface area contributed by atoms with Gasteiger partial charge in [0, 0.05) is 0 Å². The molecule has 5 nitrogen and oxygen atoms in total. The van der Waals surface area contributed by atoms with Gasteiger partial charge in [0.2, 0.25) is 0 Å². The van der Waals surface area contributed by atoms with Crippen LogP contribution >= 0.6 is 0 Å². The quantitative estimate of drug-likeness (QED) is 0.563. The van der Waals surface area contributed by atoms with Crippen molar-refractivity contribution < 1.29 is 0 Å². The zero-order valence-corrected chi connectivity index (χ0v) is 5.81. The second-order valence-electron chi connectivity index (χ2n) is 1.83. The normalized spacial score (nSPS) is 24.7. The molecule has 2 heterocycles. The van der Waals surface area contributed by atoms with Crippen molar-refractivity contribution in [3.05, 3.63) is 35.9 Å². The second kappa shape index (κ2) is 2.98. The monoisotopic (exact) mass is 149 g/mol. The molecule has 0 aromatic heterocycles. The average Bonchev–Trinajstić information content (AvgIpc) is 2.59. The van der Waals surface area contributed by atoms with Crippen molar-refractivity contribution in [3.63, 3.8) is 0 Å². The Morgan fingerprint density at radius 1 is 0.818 bits per heavy atom. The Hall–Kier alpha value is -1.62. The summed E-state index contributed by atoms with van der Waals surface area (Å²) in [5, 5.41) is 14.9. The SMILES string of the molecule is C1=CC(=C2C=CN=N2)N=N1.N. The van der Waals surface area contributed by atoms with E-state index in [-0.39, 0.29) is 6.15 Å². The van der Waals surface area contributed by atoms with Crippen molar-refractivity contribution in [2.24, 2.45) is 20.5 Å². The summed E-state index contributed by atoms with van der Waals surface area (Å²) in [5.74, 6) is 0. The smallest absolute Gasteiger partial charge is 0.115 e. The van der Waals surface area contributed by atoms with Crippen LogP contribution in [0.5, 0.6) is 0 Å². The molecule has 0 atom stereocenters. The second-order valence-corrected chi connectivity index (χ2v) is 1.83. The summed E-state index contributed by atoms with van der Waals surface area (Å²) in [4.78, 5) is 0. The van der Waals surface area contributed by atoms with Crippen LogP contribution in [0.4, 0.5) is 0 Å². The fourth-order valence-corrected chi connectivity index (χ4v) is 0.739. The summed E-state index contributed by atoms with van der Waals surface area (Å²) < 4.78 is 0. The lowest BCUT2D eigenvalue weighted by Gasteiger charge is -1.85. The Kier molecular flexibility index (Phi) is 2.03. The third-order valence-electron chi connectivity index (χ3n) is 1.19. The Labute approximate surface area is 63.5 Å². The van der Waals surface area contributed by atoms with Crippen LogP contribution in [-0.2, 0) is 0 Å². The summed E-state index contributed by atoms with van der Waals surface area (Å²) in [6.45, 7) is 0. The predicted octanol–water partition coefficient (Wildman–Crippen LogP) is 2.32. The van der Waals surface area contributed by atoms with Gasteiger partial charge in [-0.15, -0.1) is 10.2 Å². The molecule has 5 heteroatoms. The van der Waals surface area contributed by atoms with Crippen LogP contribution in [0.1, 0.15) is 0 Å². The fourth-order valence-electron chi connectivity index (χ4n) is 0.739. The predicted molar refractivity (Wildman–Crippen MR) is 40.0 cm³/mol. The first-order valence-electron chi connectivity index (χ1n) is 2.86. The van der Waals surface area contributed by atoms with Crippen molar-refractivity contribution in [3.8, 4) is 0 Å². The zero-order chi connectivity index (χ0) is 6.81. The summed E-state index contributed by atoms with van der Waals surface area (Å²) in [6.07, 6.45) is 6.85. The highest BCUT2D eigenvalue weighted by molar-refractivity contribution is 5.34. The molecule has 2 aliphatic heterocycles. The summed E-state index contributed by atoms with van der Waals surface area (Å²) in [6, 6.07) is 0. The van der Waals surface area contributed by atoms with Crippen LogP contribution in [0.2, 0.25) is 0 Å². The third-order valence-corrected chi connectivity index (χ3v) is 1.19. The molecule has 2 rings (SSSR count). The lowest BCUT2D eigenvalue weighted by atomic mass is 10.3. The minimum atomic E-state index is 0. The lowest BCUT2D eigenvalue weighted by Crippen LogP contribution is -1.72. The highest BCUT2D eigenvalue weighted by Crippen LogP contribution is 2.19. The van der Waals surface area contributed by atoms with E-state index in [1.54, 1.807) is 24.6 Å². The summed E-state index contributed by atoms with van der Waals surface area (Å²) in [5.41, 5.74) is 1.55. The molecule has 0 aromatic rings. The van der Waals surface area contributed by atoms with Crippen molar-refractivity contribution in [2.75, 3.05) is 0 Å². The van der Waals surface area contributed by atoms with E-state index in [4.69, 9.17) is 0 Å². The first-order chi connectivity index (χ1) is 4.97. The molecule has 0 aromatic carbocycles. The van der Waals surface area contributed by atoms with E-state index in [9.17, 15) is 0 Å². The van der Waals surface area contributed by atoms with Gasteiger partial charge in [0.1, 0.15) is 11.4 Å². The van der Waals surface area contributed by atoms with E-state index < -0.39 is 0 Å². The van der Waals surface area contributed by atoms with Gasteiger partial charge >= 0.3 is 0 Å². The van der Waals surface area contributed by atoms with E-state index in [1.807, 2.05) is 0 Å². The van der Waals surface area contributed by atoms with Gasteiger partial charge in [-0.2, -0.15) is 10.2 Å². The first-order valence-corrected chi connectivity index (χ1v) is 2.86. The number of allylic oxidation sites excluding steroid dienone is 2. The van der Waals surface area contributed by atoms with E-state index in [0.29, 0.717) is 0 Å². The largest absolute Gasteiger partial charge is 0.344 e. The average molecular weight is 149 g/mol. The minimum Gasteiger partial charge on any atom is -0.344 e. The first kappa shape index (κ1) is 7.49. The van der Waals surface area contributed by atoms with Crippen molar-refractivity contribution in [1.29, 1.82) is 0 Å². The molecule has 2 aliphatic rings. The van der Waals surface area contributed by atoms with Gasteiger partial charge in [-0.3, -0.25) is 0 Å². The molecule has 0 aliphatic carbocycles. The van der Waals surface area contributed by atoms with Gasteiger partial charge in [-0.05, 0) is 12.2 Å². The van der Waals surface area contributed by atoms with Crippen molar-refractivity contribution in [1.82, 2.24) is 6.15 Å². The van der Waals surface area contributed by atoms with E-state index >= 15 is 0 Å². The van der Waals surface area contributed by atoms with Gasteiger partial charge in [-0.1, -0.05) is 0 Å². The number of nitrogens with zero attached hydrogens (tertiary/aromatic N) is 4. The van der Waals surface area contributed by atoms with Crippen LogP contribution in [-0.4, -0.2) is 0 Å². The molecule has 3 N–H and O–H groups in total. The standard InChI is InChI=1S/C6H4N4.H3N/c1-3-7-9-5(1)6-2-4-8-10-6;/h1-4H;1H3. The highest BCUT2D eigenvalue weighted by Gasteiger charge is 2.04. The van der Waals surface area contributed by atoms with E-state index in [1.165, 1.54) is 0 Å². The summed E-state index contributed by atoms with van der Waals surface area (Å²) >= 11 is 0. The van der Waals surface area contributed by atoms with Crippen molar-refractivity contribution >= 4 is 0 Å². The minimum absolute atomic E-state index is 0. The highest BCUT2D eigenvalue weighted by atomic mass is 15.2. The molecular formula is C6H7N5. The molecule has 56 valence electrons. The van der Waals surface area contributed by atoms with Gasteiger partial charge in [-0.25, -0.2) is 0 Å². The number of hydrogen-bond acceptors (Lipinski definition) is 5. The van der Waals surface area contributed by atoms with Crippen LogP contribution in [0.15, 0.2) is 56.4 Å². The fraction of sp³-hybridized carbons (Fsp3) is 0. The molecule has 0 spiro atoms. The van der Waals surface area contributed by atoms with Crippen LogP contribution in [0.25, 0.3) is 0 Å². The zero-order valence-electron chi connectivity index (χ0n) is 5.81. The number of hydrogen-bond donors (Lipinski definition) is 1. The van der Waals surface area contributed by atoms with Crippen LogP contribution < -0.4 is 6.15 Å². The molecule has 0 saturated carbocycles. The lowest BCUT2D eigenvalue weighted by molar-refractivity contribution is 1.15. The van der Waals surface area contributed by atoms with Crippen molar-refractivity contribution in [2.45, 2.75) is 0 Å². The summed E-state index contributed by atoms with van der Waals surface area (Å²) in [7, 11) is 0. The number of azo groups is 2. The Bertz CT molecular complexity index is 236. The van der Waals surface area contributed by atoms with E-state index in [2.05, 4.69) is 20.5 Å². The van der Waals surface area contributed by atoms with Gasteiger partial charge < -0.3 is 6.15 Å². The molecule has 0 bridgehead atoms.